The molecule has 0 amide bonds. The number of benzene rings is 1. The highest BCUT2D eigenvalue weighted by Crippen LogP contribution is 2.34. The van der Waals surface area contributed by atoms with Crippen molar-refractivity contribution >= 4 is 27.8 Å². The molecular formula is C19H25ClN2O3S. The highest BCUT2D eigenvalue weighted by Gasteiger charge is 2.38. The van der Waals surface area contributed by atoms with E-state index in [9.17, 15) is 8.42 Å². The summed E-state index contributed by atoms with van der Waals surface area (Å²) in [6.07, 6.45) is 5.03. The molecule has 0 radical (unpaired) electrons. The summed E-state index contributed by atoms with van der Waals surface area (Å²) in [7, 11) is -3.54. The summed E-state index contributed by atoms with van der Waals surface area (Å²) in [4.78, 5) is 4.57. The van der Waals surface area contributed by atoms with E-state index in [1.165, 1.54) is 0 Å². The minimum absolute atomic E-state index is 0.196. The molecule has 2 aliphatic rings. The van der Waals surface area contributed by atoms with E-state index in [4.69, 9.17) is 16.3 Å². The van der Waals surface area contributed by atoms with Crippen molar-refractivity contribution in [2.45, 2.75) is 49.9 Å². The smallest absolute Gasteiger partial charge is 0.243 e. The molecular weight excluding hydrogens is 372 g/mol. The van der Waals surface area contributed by atoms with Gasteiger partial charge in [-0.25, -0.2) is 8.42 Å². The topological polar surface area (TPSA) is 59.0 Å². The van der Waals surface area contributed by atoms with Gasteiger partial charge in [-0.3, -0.25) is 4.99 Å². The summed E-state index contributed by atoms with van der Waals surface area (Å²) < 4.78 is 33.7. The van der Waals surface area contributed by atoms with Crippen molar-refractivity contribution in [3.63, 3.8) is 0 Å². The Morgan fingerprint density at radius 2 is 2.08 bits per heavy atom. The van der Waals surface area contributed by atoms with Crippen molar-refractivity contribution in [1.82, 2.24) is 4.31 Å². The molecule has 1 aromatic rings. The Bertz CT molecular complexity index is 833. The van der Waals surface area contributed by atoms with Crippen LogP contribution in [0.1, 0.15) is 32.3 Å². The number of rotatable bonds is 5. The first kappa shape index (κ1) is 19.4. The van der Waals surface area contributed by atoms with Gasteiger partial charge in [0.05, 0.1) is 17.1 Å². The first-order valence-electron chi connectivity index (χ1n) is 8.82. The van der Waals surface area contributed by atoms with Gasteiger partial charge in [-0.05, 0) is 31.4 Å². The Labute approximate surface area is 160 Å². The van der Waals surface area contributed by atoms with E-state index >= 15 is 0 Å². The minimum Gasteiger partial charge on any atom is -0.493 e. The van der Waals surface area contributed by atoms with Crippen molar-refractivity contribution in [3.8, 4) is 0 Å². The van der Waals surface area contributed by atoms with E-state index in [2.05, 4.69) is 4.99 Å². The molecule has 0 N–H and O–H groups in total. The van der Waals surface area contributed by atoms with Crippen LogP contribution in [0.5, 0.6) is 0 Å². The quantitative estimate of drug-likeness (QED) is 0.712. The van der Waals surface area contributed by atoms with Crippen LogP contribution in [0.25, 0.3) is 0 Å². The van der Waals surface area contributed by atoms with Crippen LogP contribution in [0.2, 0.25) is 0 Å². The second-order valence-corrected chi connectivity index (χ2v) is 9.78. The lowest BCUT2D eigenvalue weighted by Crippen LogP contribution is -2.39. The predicted molar refractivity (Wildman–Crippen MR) is 104 cm³/mol. The van der Waals surface area contributed by atoms with Gasteiger partial charge in [-0.15, -0.1) is 11.6 Å². The number of hydrogen-bond donors (Lipinski definition) is 0. The molecule has 26 heavy (non-hydrogen) atoms. The number of allylic oxidation sites excluding steroid dienone is 1. The van der Waals surface area contributed by atoms with Crippen molar-refractivity contribution in [1.29, 1.82) is 0 Å². The van der Waals surface area contributed by atoms with Crippen LogP contribution >= 0.6 is 11.6 Å². The first-order chi connectivity index (χ1) is 12.2. The molecule has 0 aromatic heterocycles. The van der Waals surface area contributed by atoms with Gasteiger partial charge in [0.1, 0.15) is 17.7 Å². The SMILES string of the molecule is Cc1ccccc1S(=O)(=O)N1CCC[C@@H]1COC1=CN=CC(C)(C)C1Cl. The summed E-state index contributed by atoms with van der Waals surface area (Å²) in [5, 5.41) is -0.317. The van der Waals surface area contributed by atoms with Crippen LogP contribution < -0.4 is 0 Å². The Morgan fingerprint density at radius 1 is 1.35 bits per heavy atom. The monoisotopic (exact) mass is 396 g/mol. The van der Waals surface area contributed by atoms with Crippen molar-refractivity contribution in [2.24, 2.45) is 10.4 Å². The van der Waals surface area contributed by atoms with Gasteiger partial charge in [-0.1, -0.05) is 32.0 Å². The van der Waals surface area contributed by atoms with Gasteiger partial charge in [0, 0.05) is 18.2 Å². The minimum atomic E-state index is -3.54. The number of halogens is 1. The third kappa shape index (κ3) is 3.68. The fourth-order valence-corrected chi connectivity index (χ4v) is 5.45. The Hall–Kier alpha value is -1.37. The largest absolute Gasteiger partial charge is 0.493 e. The van der Waals surface area contributed by atoms with Crippen LogP contribution in [-0.2, 0) is 14.8 Å². The second-order valence-electron chi connectivity index (χ2n) is 7.48. The van der Waals surface area contributed by atoms with Crippen LogP contribution in [0.3, 0.4) is 0 Å². The average molecular weight is 397 g/mol. The predicted octanol–water partition coefficient (Wildman–Crippen LogP) is 3.72. The summed E-state index contributed by atoms with van der Waals surface area (Å²) in [5.74, 6) is 0.597. The molecule has 142 valence electrons. The molecule has 5 nitrogen and oxygen atoms in total. The van der Waals surface area contributed by atoms with Gasteiger partial charge in [0.2, 0.25) is 10.0 Å². The third-order valence-electron chi connectivity index (χ3n) is 4.96. The zero-order valence-electron chi connectivity index (χ0n) is 15.4. The van der Waals surface area contributed by atoms with E-state index in [1.807, 2.05) is 39.1 Å². The molecule has 1 fully saturated rings. The molecule has 1 aromatic carbocycles. The van der Waals surface area contributed by atoms with E-state index in [0.29, 0.717) is 17.2 Å². The maximum absolute atomic E-state index is 13.1. The van der Waals surface area contributed by atoms with E-state index in [0.717, 1.165) is 18.4 Å². The van der Waals surface area contributed by atoms with Crippen molar-refractivity contribution < 1.29 is 13.2 Å². The van der Waals surface area contributed by atoms with E-state index in [1.54, 1.807) is 22.6 Å². The number of aryl methyl sites for hydroxylation is 1. The average Bonchev–Trinajstić information content (AvgIpc) is 3.06. The number of ether oxygens (including phenoxy) is 1. The fraction of sp³-hybridized carbons (Fsp3) is 0.526. The zero-order chi connectivity index (χ0) is 18.9. The molecule has 1 unspecified atom stereocenters. The molecule has 7 heteroatoms. The summed E-state index contributed by atoms with van der Waals surface area (Å²) in [5.41, 5.74) is 0.458. The molecule has 0 aliphatic carbocycles. The first-order valence-corrected chi connectivity index (χ1v) is 10.7. The third-order valence-corrected chi connectivity index (χ3v) is 7.85. The summed E-state index contributed by atoms with van der Waals surface area (Å²) >= 11 is 6.49. The number of nitrogens with zero attached hydrogens (tertiary/aromatic N) is 2. The lowest BCUT2D eigenvalue weighted by molar-refractivity contribution is 0.144. The maximum Gasteiger partial charge on any atom is 0.243 e. The van der Waals surface area contributed by atoms with Crippen molar-refractivity contribution in [2.75, 3.05) is 13.2 Å². The highest BCUT2D eigenvalue weighted by molar-refractivity contribution is 7.89. The summed E-state index contributed by atoms with van der Waals surface area (Å²) in [6.45, 7) is 6.60. The van der Waals surface area contributed by atoms with Gasteiger partial charge in [-0.2, -0.15) is 4.31 Å². The Balaban J connectivity index is 1.74. The zero-order valence-corrected chi connectivity index (χ0v) is 16.9. The molecule has 1 saturated heterocycles. The number of hydrogen-bond acceptors (Lipinski definition) is 4. The second kappa shape index (κ2) is 7.33. The van der Waals surface area contributed by atoms with Crippen LogP contribution in [0, 0.1) is 12.3 Å². The maximum atomic E-state index is 13.1. The molecule has 2 aliphatic heterocycles. The van der Waals surface area contributed by atoms with Crippen LogP contribution in [-0.4, -0.2) is 43.5 Å². The number of sulfonamides is 1. The Morgan fingerprint density at radius 3 is 2.81 bits per heavy atom. The fourth-order valence-electron chi connectivity index (χ4n) is 3.37. The van der Waals surface area contributed by atoms with Gasteiger partial charge in [0.25, 0.3) is 0 Å². The van der Waals surface area contributed by atoms with Gasteiger partial charge in [0.15, 0.2) is 0 Å². The normalized spacial score (nSPS) is 25.9. The highest BCUT2D eigenvalue weighted by atomic mass is 35.5. The molecule has 0 spiro atoms. The van der Waals surface area contributed by atoms with Crippen LogP contribution in [0.4, 0.5) is 0 Å². The van der Waals surface area contributed by atoms with Gasteiger partial charge < -0.3 is 4.74 Å². The summed E-state index contributed by atoms with van der Waals surface area (Å²) in [6, 6.07) is 6.89. The lowest BCUT2D eigenvalue weighted by atomic mass is 9.88. The van der Waals surface area contributed by atoms with E-state index < -0.39 is 10.0 Å². The van der Waals surface area contributed by atoms with E-state index in [-0.39, 0.29) is 23.4 Å². The van der Waals surface area contributed by atoms with Crippen LogP contribution in [0.15, 0.2) is 46.1 Å². The van der Waals surface area contributed by atoms with Crippen molar-refractivity contribution in [3.05, 3.63) is 41.8 Å². The molecule has 2 atom stereocenters. The molecule has 3 rings (SSSR count). The van der Waals surface area contributed by atoms with Gasteiger partial charge >= 0.3 is 0 Å². The standard InChI is InChI=1S/C19H25ClN2O3S/c1-14-7-4-5-9-17(14)26(23,24)22-10-6-8-15(22)12-25-16-11-21-13-19(2,3)18(16)20/h4-5,7,9,11,13,15,18H,6,8,10,12H2,1-3H3/t15-,18?/m1/s1. The number of aliphatic imine (C=N–C) groups is 1. The molecule has 2 heterocycles. The lowest BCUT2D eigenvalue weighted by Gasteiger charge is -2.31. The molecule has 0 saturated carbocycles. The Kier molecular flexibility index (Phi) is 5.47. The number of alkyl halides is 1. The molecule has 0 bridgehead atoms.